The second kappa shape index (κ2) is 12.8. The van der Waals surface area contributed by atoms with Crippen molar-refractivity contribution >= 4 is 21.8 Å². The first kappa shape index (κ1) is 30.2. The Hall–Kier alpha value is -6.92. The third-order valence-corrected chi connectivity index (χ3v) is 9.08. The third kappa shape index (κ3) is 5.89. The van der Waals surface area contributed by atoms with Crippen LogP contribution in [0.25, 0.3) is 89.5 Å². The van der Waals surface area contributed by atoms with Gasteiger partial charge in [0.25, 0.3) is 0 Å². The Labute approximate surface area is 295 Å². The van der Waals surface area contributed by atoms with Crippen molar-refractivity contribution in [2.45, 2.75) is 6.92 Å². The molecule has 0 saturated heterocycles. The van der Waals surface area contributed by atoms with Gasteiger partial charge in [0.1, 0.15) is 0 Å². The summed E-state index contributed by atoms with van der Waals surface area (Å²) in [5.74, 6) is 1.81. The number of rotatable bonds is 6. The molecule has 4 aromatic heterocycles. The predicted molar refractivity (Wildman–Crippen MR) is 206 cm³/mol. The fourth-order valence-electron chi connectivity index (χ4n) is 6.49. The van der Waals surface area contributed by atoms with Gasteiger partial charge in [0.05, 0.1) is 16.7 Å². The zero-order chi connectivity index (χ0) is 34.1. The molecule has 0 aliphatic heterocycles. The highest BCUT2D eigenvalue weighted by molar-refractivity contribution is 6.09. The molecule has 0 N–H and O–H groups in total. The predicted octanol–water partition coefficient (Wildman–Crippen LogP) is 10.7. The number of aryl methyl sites for hydroxylation is 1. The SMILES string of the molecule is Cc1ccc2ccc3c(-c4cccc(-c5ccc(-c6nc(-c7ccccc7)nc(-c7cccnc7)n6)cc5)c4)cc(-c4ccccc4)nc3c2n1. The van der Waals surface area contributed by atoms with Crippen LogP contribution in [0.4, 0.5) is 0 Å². The fourth-order valence-corrected chi connectivity index (χ4v) is 6.49. The Morgan fingerprint density at radius 1 is 0.392 bits per heavy atom. The van der Waals surface area contributed by atoms with Crippen LogP contribution in [0.3, 0.4) is 0 Å². The number of nitrogens with zero attached hydrogens (tertiary/aromatic N) is 6. The van der Waals surface area contributed by atoms with E-state index in [1.165, 1.54) is 0 Å². The summed E-state index contributed by atoms with van der Waals surface area (Å²) in [4.78, 5) is 29.0. The standard InChI is InChI=1S/C45H30N6/c1-29-17-18-32-23-24-38-39(27-40(31-10-4-2-5-11-31)48-42(38)41(32)47-29)36-15-8-14-35(26-36)30-19-21-34(22-20-30)44-49-43(33-12-6-3-7-13-33)50-45(51-44)37-16-9-25-46-28-37/h2-28H,1H3. The van der Waals surface area contributed by atoms with Gasteiger partial charge in [-0.15, -0.1) is 0 Å². The van der Waals surface area contributed by atoms with Gasteiger partial charge in [-0.25, -0.2) is 19.9 Å². The molecule has 0 spiro atoms. The zero-order valence-electron chi connectivity index (χ0n) is 27.8. The van der Waals surface area contributed by atoms with Crippen molar-refractivity contribution in [1.29, 1.82) is 0 Å². The minimum atomic E-state index is 0.585. The Kier molecular flexibility index (Phi) is 7.59. The molecule has 9 rings (SSSR count). The van der Waals surface area contributed by atoms with E-state index in [0.29, 0.717) is 17.5 Å². The minimum Gasteiger partial charge on any atom is -0.264 e. The third-order valence-electron chi connectivity index (χ3n) is 9.08. The molecule has 5 aromatic carbocycles. The Balaban J connectivity index is 1.13. The van der Waals surface area contributed by atoms with Crippen molar-refractivity contribution in [3.63, 3.8) is 0 Å². The molecule has 0 fully saturated rings. The van der Waals surface area contributed by atoms with Crippen LogP contribution in [0.15, 0.2) is 164 Å². The van der Waals surface area contributed by atoms with Gasteiger partial charge >= 0.3 is 0 Å². The van der Waals surface area contributed by atoms with Crippen molar-refractivity contribution in [2.75, 3.05) is 0 Å². The van der Waals surface area contributed by atoms with E-state index in [-0.39, 0.29) is 0 Å². The molecule has 9 aromatic rings. The molecule has 51 heavy (non-hydrogen) atoms. The Bertz CT molecular complexity index is 2620. The molecular formula is C45H30N6. The number of aromatic nitrogens is 6. The molecule has 4 heterocycles. The largest absolute Gasteiger partial charge is 0.264 e. The van der Waals surface area contributed by atoms with E-state index in [1.807, 2.05) is 61.5 Å². The van der Waals surface area contributed by atoms with Crippen LogP contribution < -0.4 is 0 Å². The molecule has 0 atom stereocenters. The van der Waals surface area contributed by atoms with Crippen LogP contribution in [-0.4, -0.2) is 29.9 Å². The zero-order valence-corrected chi connectivity index (χ0v) is 27.8. The summed E-state index contributed by atoms with van der Waals surface area (Å²) in [5, 5.41) is 2.15. The molecule has 0 aliphatic rings. The van der Waals surface area contributed by atoms with E-state index in [1.54, 1.807) is 12.4 Å². The molecule has 0 aliphatic carbocycles. The molecule has 0 radical (unpaired) electrons. The quantitative estimate of drug-likeness (QED) is 0.166. The smallest absolute Gasteiger partial charge is 0.165 e. The van der Waals surface area contributed by atoms with Gasteiger partial charge in [0.2, 0.25) is 0 Å². The van der Waals surface area contributed by atoms with Crippen molar-refractivity contribution in [1.82, 2.24) is 29.9 Å². The van der Waals surface area contributed by atoms with Gasteiger partial charge in [0.15, 0.2) is 17.5 Å². The highest BCUT2D eigenvalue weighted by Gasteiger charge is 2.15. The first-order valence-electron chi connectivity index (χ1n) is 16.9. The molecular weight excluding hydrogens is 625 g/mol. The number of hydrogen-bond donors (Lipinski definition) is 0. The molecule has 0 unspecified atom stereocenters. The normalized spacial score (nSPS) is 11.2. The second-order valence-electron chi connectivity index (χ2n) is 12.5. The summed E-state index contributed by atoms with van der Waals surface area (Å²) < 4.78 is 0. The first-order valence-corrected chi connectivity index (χ1v) is 16.9. The summed E-state index contributed by atoms with van der Waals surface area (Å²) in [5.41, 5.74) is 11.9. The Morgan fingerprint density at radius 2 is 1.00 bits per heavy atom. The van der Waals surface area contributed by atoms with Crippen LogP contribution in [0.5, 0.6) is 0 Å². The summed E-state index contributed by atoms with van der Waals surface area (Å²) in [6.45, 7) is 2.03. The lowest BCUT2D eigenvalue weighted by Crippen LogP contribution is -2.00. The maximum absolute atomic E-state index is 5.19. The number of pyridine rings is 3. The molecule has 6 nitrogen and oxygen atoms in total. The van der Waals surface area contributed by atoms with E-state index in [4.69, 9.17) is 24.9 Å². The van der Waals surface area contributed by atoms with E-state index in [0.717, 1.165) is 77.7 Å². The highest BCUT2D eigenvalue weighted by atomic mass is 15.0. The molecule has 0 bridgehead atoms. The van der Waals surface area contributed by atoms with Crippen LogP contribution >= 0.6 is 0 Å². The van der Waals surface area contributed by atoms with Gasteiger partial charge in [-0.2, -0.15) is 0 Å². The summed E-state index contributed by atoms with van der Waals surface area (Å²) in [6.07, 6.45) is 3.52. The van der Waals surface area contributed by atoms with Gasteiger partial charge in [-0.3, -0.25) is 9.97 Å². The maximum atomic E-state index is 5.19. The van der Waals surface area contributed by atoms with Gasteiger partial charge in [-0.05, 0) is 59.5 Å². The van der Waals surface area contributed by atoms with E-state index >= 15 is 0 Å². The molecule has 240 valence electrons. The topological polar surface area (TPSA) is 77.3 Å². The van der Waals surface area contributed by atoms with Crippen molar-refractivity contribution < 1.29 is 0 Å². The first-order chi connectivity index (χ1) is 25.2. The van der Waals surface area contributed by atoms with Crippen LogP contribution in [0, 0.1) is 6.92 Å². The fraction of sp³-hybridized carbons (Fsp3) is 0.0222. The summed E-state index contributed by atoms with van der Waals surface area (Å²) >= 11 is 0. The van der Waals surface area contributed by atoms with Gasteiger partial charge in [0, 0.05) is 51.1 Å². The highest BCUT2D eigenvalue weighted by Crippen LogP contribution is 2.37. The molecule has 6 heteroatoms. The Morgan fingerprint density at radius 3 is 1.73 bits per heavy atom. The number of fused-ring (bicyclic) bond motifs is 3. The number of hydrogen-bond acceptors (Lipinski definition) is 6. The lowest BCUT2D eigenvalue weighted by Gasteiger charge is -2.14. The average Bonchev–Trinajstić information content (AvgIpc) is 3.21. The van der Waals surface area contributed by atoms with Crippen molar-refractivity contribution in [3.8, 4) is 67.7 Å². The summed E-state index contributed by atoms with van der Waals surface area (Å²) in [6, 6.07) is 52.0. The van der Waals surface area contributed by atoms with Crippen molar-refractivity contribution in [2.24, 2.45) is 0 Å². The van der Waals surface area contributed by atoms with E-state index in [2.05, 4.69) is 102 Å². The monoisotopic (exact) mass is 654 g/mol. The van der Waals surface area contributed by atoms with E-state index < -0.39 is 0 Å². The minimum absolute atomic E-state index is 0.585. The van der Waals surface area contributed by atoms with Crippen LogP contribution in [-0.2, 0) is 0 Å². The van der Waals surface area contributed by atoms with E-state index in [9.17, 15) is 0 Å². The molecule has 0 amide bonds. The lowest BCUT2D eigenvalue weighted by molar-refractivity contribution is 1.07. The average molecular weight is 655 g/mol. The summed E-state index contributed by atoms with van der Waals surface area (Å²) in [7, 11) is 0. The van der Waals surface area contributed by atoms with Gasteiger partial charge < -0.3 is 0 Å². The molecule has 0 saturated carbocycles. The van der Waals surface area contributed by atoms with Crippen LogP contribution in [0.2, 0.25) is 0 Å². The van der Waals surface area contributed by atoms with Crippen molar-refractivity contribution in [3.05, 3.63) is 170 Å². The van der Waals surface area contributed by atoms with Gasteiger partial charge in [-0.1, -0.05) is 121 Å². The second-order valence-corrected chi connectivity index (χ2v) is 12.5. The lowest BCUT2D eigenvalue weighted by atomic mass is 9.94. The number of benzene rings is 5. The van der Waals surface area contributed by atoms with Crippen LogP contribution in [0.1, 0.15) is 5.69 Å². The maximum Gasteiger partial charge on any atom is 0.165 e.